The lowest BCUT2D eigenvalue weighted by Crippen LogP contribution is -2.45. The summed E-state index contributed by atoms with van der Waals surface area (Å²) in [6.07, 6.45) is 2.19. The molecule has 0 spiro atoms. The Kier molecular flexibility index (Phi) is 6.87. The Labute approximate surface area is 198 Å². The van der Waals surface area contributed by atoms with Gasteiger partial charge in [-0.3, -0.25) is 9.36 Å². The fourth-order valence-electron chi connectivity index (χ4n) is 4.36. The van der Waals surface area contributed by atoms with Crippen LogP contribution >= 0.6 is 0 Å². The molecule has 0 saturated carbocycles. The molecule has 1 aromatic heterocycles. The van der Waals surface area contributed by atoms with Crippen LogP contribution < -0.4 is 16.4 Å². The molecule has 1 aliphatic rings. The van der Waals surface area contributed by atoms with Crippen LogP contribution in [0.15, 0.2) is 51.7 Å². The molecule has 8 nitrogen and oxygen atoms in total. The van der Waals surface area contributed by atoms with Crippen molar-refractivity contribution in [1.82, 2.24) is 15.2 Å². The molecule has 2 unspecified atom stereocenters. The maximum atomic E-state index is 12.8. The first kappa shape index (κ1) is 23.7. The van der Waals surface area contributed by atoms with Gasteiger partial charge < -0.3 is 20.2 Å². The Hall–Kier alpha value is -3.41. The van der Waals surface area contributed by atoms with E-state index in [0.717, 1.165) is 22.2 Å². The largest absolute Gasteiger partial charge is 0.419 e. The number of hydrogen-bond acceptors (Lipinski definition) is 6. The molecule has 1 aliphatic heterocycles. The van der Waals surface area contributed by atoms with Crippen LogP contribution in [0.3, 0.4) is 0 Å². The Morgan fingerprint density at radius 1 is 1.29 bits per heavy atom. The number of oxazole rings is 1. The van der Waals surface area contributed by atoms with Gasteiger partial charge in [-0.1, -0.05) is 30.3 Å². The van der Waals surface area contributed by atoms with Crippen molar-refractivity contribution in [3.8, 4) is 17.2 Å². The van der Waals surface area contributed by atoms with Crippen molar-refractivity contribution in [2.45, 2.75) is 44.2 Å². The SMILES string of the molecule is Cn1c(=O)oc2ccc(-c3ccc(C[C@@H](C#N)NC(=O)C4CCC(C)(O)CCNC4)cc3)cc21. The molecule has 3 N–H and O–H groups in total. The molecule has 4 rings (SSSR count). The summed E-state index contributed by atoms with van der Waals surface area (Å²) >= 11 is 0. The molecule has 0 aliphatic carbocycles. The summed E-state index contributed by atoms with van der Waals surface area (Å²) in [4.78, 5) is 24.5. The predicted molar refractivity (Wildman–Crippen MR) is 129 cm³/mol. The van der Waals surface area contributed by atoms with E-state index in [1.807, 2.05) is 36.4 Å². The molecule has 1 amide bonds. The van der Waals surface area contributed by atoms with Crippen molar-refractivity contribution in [3.63, 3.8) is 0 Å². The van der Waals surface area contributed by atoms with Gasteiger partial charge in [-0.25, -0.2) is 4.79 Å². The molecule has 34 heavy (non-hydrogen) atoms. The molecule has 178 valence electrons. The van der Waals surface area contributed by atoms with Gasteiger partial charge in [-0.15, -0.1) is 0 Å². The van der Waals surface area contributed by atoms with Gasteiger partial charge in [-0.05, 0) is 61.6 Å². The van der Waals surface area contributed by atoms with Gasteiger partial charge in [0, 0.05) is 20.0 Å². The van der Waals surface area contributed by atoms with E-state index >= 15 is 0 Å². The molecular weight excluding hydrogens is 432 g/mol. The van der Waals surface area contributed by atoms with Crippen molar-refractivity contribution in [2.24, 2.45) is 13.0 Å². The first-order chi connectivity index (χ1) is 16.3. The minimum absolute atomic E-state index is 0.160. The molecule has 3 aromatic rings. The standard InChI is InChI=1S/C26H30N4O4/c1-26(33)10-9-20(16-28-12-11-26)24(31)29-21(15-27)13-17-3-5-18(6-4-17)19-7-8-23-22(14-19)30(2)25(32)34-23/h3-8,14,20-21,28,33H,9-13,16H2,1-2H3,(H,29,31)/t20?,21-,26?/m0/s1. The van der Waals surface area contributed by atoms with Gasteiger partial charge in [-0.2, -0.15) is 5.26 Å². The molecule has 2 aromatic carbocycles. The first-order valence-electron chi connectivity index (χ1n) is 11.6. The summed E-state index contributed by atoms with van der Waals surface area (Å²) in [7, 11) is 1.67. The van der Waals surface area contributed by atoms with E-state index in [2.05, 4.69) is 16.7 Å². The van der Waals surface area contributed by atoms with Crippen LogP contribution in [0.5, 0.6) is 0 Å². The number of fused-ring (bicyclic) bond motifs is 1. The number of carbonyl (C=O) groups excluding carboxylic acids is 1. The number of aryl methyl sites for hydroxylation is 1. The molecule has 8 heteroatoms. The second kappa shape index (κ2) is 9.84. The van der Waals surface area contributed by atoms with Crippen LogP contribution in [0.2, 0.25) is 0 Å². The van der Waals surface area contributed by atoms with E-state index in [1.165, 1.54) is 4.57 Å². The van der Waals surface area contributed by atoms with E-state index in [1.54, 1.807) is 20.0 Å². The summed E-state index contributed by atoms with van der Waals surface area (Å²) in [5.41, 5.74) is 3.36. The number of nitriles is 1. The number of aromatic nitrogens is 1. The average Bonchev–Trinajstić information content (AvgIpc) is 3.10. The fraction of sp³-hybridized carbons (Fsp3) is 0.423. The van der Waals surface area contributed by atoms with Crippen molar-refractivity contribution >= 4 is 17.0 Å². The molecule has 1 fully saturated rings. The van der Waals surface area contributed by atoms with Gasteiger partial charge in [0.2, 0.25) is 5.91 Å². The molecular formula is C26H30N4O4. The van der Waals surface area contributed by atoms with Crippen LogP contribution in [-0.4, -0.2) is 40.3 Å². The Morgan fingerprint density at radius 3 is 2.76 bits per heavy atom. The lowest BCUT2D eigenvalue weighted by Gasteiger charge is -2.29. The number of benzene rings is 2. The topological polar surface area (TPSA) is 120 Å². The third kappa shape index (κ3) is 5.38. The van der Waals surface area contributed by atoms with Gasteiger partial charge in [0.1, 0.15) is 6.04 Å². The minimum Gasteiger partial charge on any atom is -0.408 e. The van der Waals surface area contributed by atoms with Crippen molar-refractivity contribution in [2.75, 3.05) is 13.1 Å². The minimum atomic E-state index is -0.779. The third-order valence-corrected chi connectivity index (χ3v) is 6.62. The molecule has 0 radical (unpaired) electrons. The molecule has 0 bridgehead atoms. The number of hydrogen-bond donors (Lipinski definition) is 3. The average molecular weight is 463 g/mol. The van der Waals surface area contributed by atoms with Crippen molar-refractivity contribution in [1.29, 1.82) is 5.26 Å². The fourth-order valence-corrected chi connectivity index (χ4v) is 4.36. The zero-order chi connectivity index (χ0) is 24.3. The summed E-state index contributed by atoms with van der Waals surface area (Å²) in [6.45, 7) is 3.00. The number of amides is 1. The van der Waals surface area contributed by atoms with Crippen LogP contribution in [0, 0.1) is 17.2 Å². The summed E-state index contributed by atoms with van der Waals surface area (Å²) in [5, 5.41) is 26.0. The first-order valence-corrected chi connectivity index (χ1v) is 11.6. The highest BCUT2D eigenvalue weighted by Gasteiger charge is 2.28. The monoisotopic (exact) mass is 462 g/mol. The second-order valence-electron chi connectivity index (χ2n) is 9.39. The van der Waals surface area contributed by atoms with Crippen LogP contribution in [-0.2, 0) is 18.3 Å². The van der Waals surface area contributed by atoms with Crippen LogP contribution in [0.1, 0.15) is 31.7 Å². The number of nitrogens with zero attached hydrogens (tertiary/aromatic N) is 2. The van der Waals surface area contributed by atoms with Crippen LogP contribution in [0.25, 0.3) is 22.2 Å². The number of nitrogens with one attached hydrogen (secondary N) is 2. The third-order valence-electron chi connectivity index (χ3n) is 6.62. The quantitative estimate of drug-likeness (QED) is 0.536. The highest BCUT2D eigenvalue weighted by atomic mass is 16.4. The lowest BCUT2D eigenvalue weighted by atomic mass is 9.88. The van der Waals surface area contributed by atoms with Crippen molar-refractivity contribution < 1.29 is 14.3 Å². The highest BCUT2D eigenvalue weighted by Crippen LogP contribution is 2.25. The molecule has 3 atom stereocenters. The van der Waals surface area contributed by atoms with E-state index in [4.69, 9.17) is 4.42 Å². The summed E-state index contributed by atoms with van der Waals surface area (Å²) in [6, 6.07) is 15.0. The van der Waals surface area contributed by atoms with Crippen molar-refractivity contribution in [3.05, 3.63) is 58.6 Å². The lowest BCUT2D eigenvalue weighted by molar-refractivity contribution is -0.126. The zero-order valence-electron chi connectivity index (χ0n) is 19.5. The van der Waals surface area contributed by atoms with Gasteiger partial charge >= 0.3 is 5.76 Å². The Morgan fingerprint density at radius 2 is 2.03 bits per heavy atom. The van der Waals surface area contributed by atoms with Gasteiger partial charge in [0.15, 0.2) is 5.58 Å². The number of rotatable bonds is 5. The summed E-state index contributed by atoms with van der Waals surface area (Å²) < 4.78 is 6.66. The van der Waals surface area contributed by atoms with Gasteiger partial charge in [0.05, 0.1) is 23.1 Å². The second-order valence-corrected chi connectivity index (χ2v) is 9.39. The smallest absolute Gasteiger partial charge is 0.408 e. The Bertz CT molecular complexity index is 1270. The number of carbonyl (C=O) groups is 1. The maximum absolute atomic E-state index is 12.8. The van der Waals surface area contributed by atoms with Crippen LogP contribution in [0.4, 0.5) is 0 Å². The van der Waals surface area contributed by atoms with E-state index in [-0.39, 0.29) is 11.8 Å². The normalized spacial score (nSPS) is 21.9. The van der Waals surface area contributed by atoms with E-state index in [0.29, 0.717) is 44.4 Å². The summed E-state index contributed by atoms with van der Waals surface area (Å²) in [5.74, 6) is -0.834. The number of aliphatic hydroxyl groups is 1. The maximum Gasteiger partial charge on any atom is 0.419 e. The molecule has 1 saturated heterocycles. The predicted octanol–water partition coefficient (Wildman–Crippen LogP) is 2.49. The highest BCUT2D eigenvalue weighted by molar-refractivity contribution is 5.81. The zero-order valence-corrected chi connectivity index (χ0v) is 19.5. The molecule has 2 heterocycles. The van der Waals surface area contributed by atoms with Gasteiger partial charge in [0.25, 0.3) is 0 Å². The van der Waals surface area contributed by atoms with E-state index in [9.17, 15) is 20.0 Å². The van der Waals surface area contributed by atoms with E-state index < -0.39 is 17.4 Å². The Balaban J connectivity index is 1.41.